The van der Waals surface area contributed by atoms with Gasteiger partial charge in [0.05, 0.1) is 19.6 Å². The van der Waals surface area contributed by atoms with Crippen molar-refractivity contribution in [2.75, 3.05) is 19.6 Å². The van der Waals surface area contributed by atoms with E-state index >= 15 is 0 Å². The van der Waals surface area contributed by atoms with Gasteiger partial charge in [0.2, 0.25) is 5.78 Å². The van der Waals surface area contributed by atoms with Crippen molar-refractivity contribution in [3.63, 3.8) is 0 Å². The summed E-state index contributed by atoms with van der Waals surface area (Å²) in [5.41, 5.74) is 1.88. The fraction of sp³-hybridized carbons (Fsp3) is 0.448. The van der Waals surface area contributed by atoms with Crippen molar-refractivity contribution in [2.45, 2.75) is 68.4 Å². The van der Waals surface area contributed by atoms with Gasteiger partial charge in [-0.05, 0) is 84.8 Å². The zero-order chi connectivity index (χ0) is 28.9. The van der Waals surface area contributed by atoms with Crippen molar-refractivity contribution in [3.05, 3.63) is 35.4 Å². The highest BCUT2D eigenvalue weighted by Gasteiger charge is 1.97. The predicted molar refractivity (Wildman–Crippen MR) is 156 cm³/mol. The van der Waals surface area contributed by atoms with Crippen LogP contribution in [0.25, 0.3) is 0 Å². The zero-order valence-electron chi connectivity index (χ0n) is 23.6. The lowest BCUT2D eigenvalue weighted by Crippen LogP contribution is -1.93. The Bertz CT molecular complexity index is 964. The molecule has 0 N–H and O–H groups in total. The SMILES string of the molecule is CC=NCC#CC(C)=O.CC=NCC(C)=O.CC=NCCC(C)=O.CC=NCc1ccc(C(C)=O)cc1. The minimum absolute atomic E-state index is 0.102. The molecule has 0 spiro atoms. The van der Waals surface area contributed by atoms with E-state index < -0.39 is 0 Å². The molecule has 0 saturated heterocycles. The van der Waals surface area contributed by atoms with Crippen molar-refractivity contribution in [2.24, 2.45) is 20.0 Å². The van der Waals surface area contributed by atoms with Gasteiger partial charge in [-0.2, -0.15) is 0 Å². The molecule has 0 aliphatic carbocycles. The van der Waals surface area contributed by atoms with Crippen LogP contribution in [-0.4, -0.2) is 67.6 Å². The van der Waals surface area contributed by atoms with Crippen molar-refractivity contribution < 1.29 is 19.2 Å². The van der Waals surface area contributed by atoms with Gasteiger partial charge in [0.1, 0.15) is 5.78 Å². The third kappa shape index (κ3) is 34.4. The molecule has 0 bridgehead atoms. The van der Waals surface area contributed by atoms with E-state index in [2.05, 4.69) is 31.8 Å². The van der Waals surface area contributed by atoms with E-state index in [1.165, 1.54) is 13.8 Å². The molecule has 202 valence electrons. The molecular weight excluding hydrogens is 468 g/mol. The minimum Gasteiger partial charge on any atom is -0.300 e. The lowest BCUT2D eigenvalue weighted by atomic mass is 10.1. The maximum absolute atomic E-state index is 10.9. The summed E-state index contributed by atoms with van der Waals surface area (Å²) in [4.78, 5) is 56.9. The first-order valence-corrected chi connectivity index (χ1v) is 11.9. The molecule has 0 unspecified atom stereocenters. The van der Waals surface area contributed by atoms with E-state index in [-0.39, 0.29) is 23.1 Å². The van der Waals surface area contributed by atoms with Gasteiger partial charge < -0.3 is 0 Å². The number of hydrogen-bond donors (Lipinski definition) is 0. The van der Waals surface area contributed by atoms with Gasteiger partial charge in [0.25, 0.3) is 0 Å². The number of Topliss-reactive ketones (excluding diaryl/α,β-unsaturated/α-hetero) is 4. The van der Waals surface area contributed by atoms with Crippen LogP contribution in [0, 0.1) is 11.8 Å². The lowest BCUT2D eigenvalue weighted by molar-refractivity contribution is -0.117. The average molecular weight is 511 g/mol. The summed E-state index contributed by atoms with van der Waals surface area (Å²) in [6, 6.07) is 7.54. The third-order valence-electron chi connectivity index (χ3n) is 3.71. The zero-order valence-corrected chi connectivity index (χ0v) is 23.6. The number of benzene rings is 1. The van der Waals surface area contributed by atoms with Crippen molar-refractivity contribution in [3.8, 4) is 11.8 Å². The van der Waals surface area contributed by atoms with Gasteiger partial charge in [-0.15, -0.1) is 0 Å². The number of carbonyl (C=O) groups excluding carboxylic acids is 4. The van der Waals surface area contributed by atoms with Crippen molar-refractivity contribution in [1.29, 1.82) is 0 Å². The largest absolute Gasteiger partial charge is 0.300 e. The fourth-order valence-electron chi connectivity index (χ4n) is 1.91. The van der Waals surface area contributed by atoms with Crippen molar-refractivity contribution in [1.82, 2.24) is 0 Å². The molecule has 0 fully saturated rings. The second-order valence-corrected chi connectivity index (χ2v) is 7.23. The first-order valence-electron chi connectivity index (χ1n) is 11.9. The number of ketones is 4. The van der Waals surface area contributed by atoms with Gasteiger partial charge in [-0.25, -0.2) is 0 Å². The lowest BCUT2D eigenvalue weighted by Gasteiger charge is -1.97. The second-order valence-electron chi connectivity index (χ2n) is 7.23. The Morgan fingerprint density at radius 2 is 1.27 bits per heavy atom. The van der Waals surface area contributed by atoms with E-state index in [4.69, 9.17) is 0 Å². The van der Waals surface area contributed by atoms with Crippen LogP contribution in [0.2, 0.25) is 0 Å². The Hall–Kier alpha value is -3.86. The molecule has 0 radical (unpaired) electrons. The number of nitrogens with zero attached hydrogens (tertiary/aromatic N) is 4. The summed E-state index contributed by atoms with van der Waals surface area (Å²) < 4.78 is 0. The van der Waals surface area contributed by atoms with E-state index in [0.29, 0.717) is 32.6 Å². The molecule has 37 heavy (non-hydrogen) atoms. The monoisotopic (exact) mass is 510 g/mol. The highest BCUT2D eigenvalue weighted by molar-refractivity contribution is 5.94. The van der Waals surface area contributed by atoms with Crippen LogP contribution in [0.5, 0.6) is 0 Å². The molecule has 8 heteroatoms. The third-order valence-corrected chi connectivity index (χ3v) is 3.71. The first-order chi connectivity index (χ1) is 17.5. The Labute approximate surface area is 222 Å². The molecule has 0 aliphatic heterocycles. The van der Waals surface area contributed by atoms with E-state index in [1.807, 2.05) is 45.0 Å². The number of carbonyl (C=O) groups is 4. The van der Waals surface area contributed by atoms with Crippen molar-refractivity contribution >= 4 is 48.0 Å². The predicted octanol–water partition coefficient (Wildman–Crippen LogP) is 4.87. The van der Waals surface area contributed by atoms with Crippen LogP contribution < -0.4 is 0 Å². The summed E-state index contributed by atoms with van der Waals surface area (Å²) in [7, 11) is 0. The first kappa shape index (κ1) is 37.7. The van der Waals surface area contributed by atoms with Crippen LogP contribution in [0.4, 0.5) is 0 Å². The summed E-state index contributed by atoms with van der Waals surface area (Å²) in [5, 5.41) is 0. The summed E-state index contributed by atoms with van der Waals surface area (Å²) in [5.74, 6) is 5.27. The van der Waals surface area contributed by atoms with Gasteiger partial charge in [-0.3, -0.25) is 39.1 Å². The normalized spacial score (nSPS) is 9.95. The van der Waals surface area contributed by atoms with Gasteiger partial charge in [0.15, 0.2) is 11.6 Å². The van der Waals surface area contributed by atoms with Crippen LogP contribution in [-0.2, 0) is 20.9 Å². The van der Waals surface area contributed by atoms with Crippen LogP contribution in [0.1, 0.15) is 77.7 Å². The van der Waals surface area contributed by atoms with Gasteiger partial charge in [0, 0.05) is 25.5 Å². The van der Waals surface area contributed by atoms with Gasteiger partial charge >= 0.3 is 0 Å². The average Bonchev–Trinajstić information content (AvgIpc) is 2.85. The molecule has 0 aromatic heterocycles. The summed E-state index contributed by atoms with van der Waals surface area (Å²) in [6.07, 6.45) is 7.35. The molecular formula is C29H42N4O4. The van der Waals surface area contributed by atoms with E-state index in [1.54, 1.807) is 45.6 Å². The van der Waals surface area contributed by atoms with E-state index in [9.17, 15) is 19.2 Å². The summed E-state index contributed by atoms with van der Waals surface area (Å²) in [6.45, 7) is 15.5. The summed E-state index contributed by atoms with van der Waals surface area (Å²) >= 11 is 0. The molecule has 0 aliphatic rings. The minimum atomic E-state index is -0.110. The molecule has 0 atom stereocenters. The topological polar surface area (TPSA) is 118 Å². The standard InChI is InChI=1S/C11H13NO.C7H9NO.C6H11NO.C5H9NO/c1-3-12-8-10-4-6-11(7-5-10)9(2)13;1-3-8-6-4-5-7(2)9;1-3-7-5-4-6(2)8;1-3-6-4-5(2)7/h3-7H,8H2,1-2H3;3H,6H2,1-2H3;3H,4-5H2,1-2H3;3H,4H2,1-2H3. The Kier molecular flexibility index (Phi) is 28.9. The highest BCUT2D eigenvalue weighted by atomic mass is 16.1. The van der Waals surface area contributed by atoms with Gasteiger partial charge in [-0.1, -0.05) is 30.2 Å². The smallest absolute Gasteiger partial charge is 0.202 e. The van der Waals surface area contributed by atoms with Crippen LogP contribution >= 0.6 is 0 Å². The maximum atomic E-state index is 10.9. The van der Waals surface area contributed by atoms with E-state index in [0.717, 1.165) is 11.1 Å². The maximum Gasteiger partial charge on any atom is 0.202 e. The molecule has 0 heterocycles. The molecule has 1 rings (SSSR count). The quantitative estimate of drug-likeness (QED) is 0.204. The Morgan fingerprint density at radius 1 is 0.730 bits per heavy atom. The second kappa shape index (κ2) is 28.4. The van der Waals surface area contributed by atoms with Crippen LogP contribution in [0.3, 0.4) is 0 Å². The molecule has 1 aromatic rings. The highest BCUT2D eigenvalue weighted by Crippen LogP contribution is 2.05. The molecule has 8 nitrogen and oxygen atoms in total. The number of rotatable bonds is 9. The number of aliphatic imine (C=N–C) groups is 4. The molecule has 0 saturated carbocycles. The molecule has 1 aromatic carbocycles. The Morgan fingerprint density at radius 3 is 1.65 bits per heavy atom. The Balaban J connectivity index is -0.000000431. The van der Waals surface area contributed by atoms with Crippen LogP contribution in [0.15, 0.2) is 44.2 Å². The fourth-order valence-corrected chi connectivity index (χ4v) is 1.91. The number of hydrogen-bond acceptors (Lipinski definition) is 8. The molecule has 0 amide bonds.